The summed E-state index contributed by atoms with van der Waals surface area (Å²) in [5, 5.41) is 12.6. The molecule has 1 N–H and O–H groups in total. The monoisotopic (exact) mass is 387 g/mol. The number of nitrogens with one attached hydrogen (secondary N) is 1. The SMILES string of the molecule is [C-]#[N+]c1c(N2CCC(NC(=O)C3(C)COC3)CC2)nc(Cl)c(C#N)c1CC. The van der Waals surface area contributed by atoms with Gasteiger partial charge in [-0.3, -0.25) is 4.79 Å². The first kappa shape index (κ1) is 19.4. The fourth-order valence-corrected chi connectivity index (χ4v) is 3.75. The normalized spacial score (nSPS) is 18.9. The number of nitriles is 1. The third-order valence-corrected chi connectivity index (χ3v) is 5.58. The fourth-order valence-electron chi connectivity index (χ4n) is 3.51. The van der Waals surface area contributed by atoms with E-state index in [9.17, 15) is 10.1 Å². The molecule has 3 heterocycles. The predicted molar refractivity (Wildman–Crippen MR) is 102 cm³/mol. The molecule has 142 valence electrons. The number of ether oxygens (including phenoxy) is 1. The van der Waals surface area contributed by atoms with Gasteiger partial charge < -0.3 is 15.0 Å². The summed E-state index contributed by atoms with van der Waals surface area (Å²) in [7, 11) is 0. The van der Waals surface area contributed by atoms with Crippen LogP contribution in [0, 0.1) is 23.3 Å². The number of rotatable bonds is 4. The van der Waals surface area contributed by atoms with Crippen molar-refractivity contribution in [2.75, 3.05) is 31.2 Å². The average Bonchev–Trinajstić information content (AvgIpc) is 2.65. The quantitative estimate of drug-likeness (QED) is 0.634. The van der Waals surface area contributed by atoms with Crippen LogP contribution in [0.25, 0.3) is 4.85 Å². The lowest BCUT2D eigenvalue weighted by atomic mass is 9.87. The minimum absolute atomic E-state index is 0.0434. The zero-order valence-corrected chi connectivity index (χ0v) is 16.3. The van der Waals surface area contributed by atoms with Crippen molar-refractivity contribution >= 4 is 29.0 Å². The van der Waals surface area contributed by atoms with Crippen molar-refractivity contribution in [3.63, 3.8) is 0 Å². The van der Waals surface area contributed by atoms with E-state index in [1.54, 1.807) is 0 Å². The van der Waals surface area contributed by atoms with Gasteiger partial charge in [0.15, 0.2) is 0 Å². The minimum Gasteiger partial charge on any atom is -0.379 e. The van der Waals surface area contributed by atoms with Gasteiger partial charge in [-0.1, -0.05) is 18.5 Å². The molecule has 0 aliphatic carbocycles. The van der Waals surface area contributed by atoms with Crippen LogP contribution >= 0.6 is 11.6 Å². The summed E-state index contributed by atoms with van der Waals surface area (Å²) in [5.41, 5.74) is 0.926. The maximum absolute atomic E-state index is 12.4. The van der Waals surface area contributed by atoms with Crippen LogP contribution in [0.5, 0.6) is 0 Å². The third-order valence-electron chi connectivity index (χ3n) is 5.31. The Labute approximate surface area is 164 Å². The van der Waals surface area contributed by atoms with Gasteiger partial charge in [-0.15, -0.1) is 0 Å². The van der Waals surface area contributed by atoms with Crippen molar-refractivity contribution in [1.82, 2.24) is 10.3 Å². The van der Waals surface area contributed by atoms with Gasteiger partial charge in [-0.25, -0.2) is 9.83 Å². The van der Waals surface area contributed by atoms with E-state index in [-0.39, 0.29) is 22.7 Å². The lowest BCUT2D eigenvalue weighted by Crippen LogP contribution is -2.55. The van der Waals surface area contributed by atoms with Crippen molar-refractivity contribution in [3.8, 4) is 6.07 Å². The molecule has 1 aromatic heterocycles. The van der Waals surface area contributed by atoms with Crippen LogP contribution in [0.3, 0.4) is 0 Å². The molecule has 0 unspecified atom stereocenters. The first-order valence-electron chi connectivity index (χ1n) is 9.07. The van der Waals surface area contributed by atoms with Crippen LogP contribution in [0.4, 0.5) is 11.5 Å². The topological polar surface area (TPSA) is 82.6 Å². The fraction of sp³-hybridized carbons (Fsp3) is 0.579. The van der Waals surface area contributed by atoms with Crippen LogP contribution in [0.15, 0.2) is 0 Å². The highest BCUT2D eigenvalue weighted by molar-refractivity contribution is 6.31. The largest absolute Gasteiger partial charge is 0.379 e. The van der Waals surface area contributed by atoms with Crippen molar-refractivity contribution < 1.29 is 9.53 Å². The van der Waals surface area contributed by atoms with Gasteiger partial charge in [0.1, 0.15) is 17.0 Å². The number of nitrogens with zero attached hydrogens (tertiary/aromatic N) is 4. The summed E-state index contributed by atoms with van der Waals surface area (Å²) in [6.07, 6.45) is 2.07. The molecule has 2 aliphatic heterocycles. The second-order valence-corrected chi connectivity index (χ2v) is 7.65. The zero-order chi connectivity index (χ0) is 19.6. The minimum atomic E-state index is -0.410. The van der Waals surface area contributed by atoms with Crippen LogP contribution in [-0.4, -0.2) is 43.2 Å². The Bertz CT molecular complexity index is 830. The van der Waals surface area contributed by atoms with E-state index in [1.165, 1.54) is 0 Å². The Morgan fingerprint density at radius 3 is 2.67 bits per heavy atom. The second kappa shape index (κ2) is 7.72. The summed E-state index contributed by atoms with van der Waals surface area (Å²) in [6, 6.07) is 2.16. The molecular weight excluding hydrogens is 366 g/mol. The van der Waals surface area contributed by atoms with E-state index in [0.29, 0.717) is 49.8 Å². The number of hydrogen-bond donors (Lipinski definition) is 1. The maximum Gasteiger partial charge on any atom is 0.232 e. The van der Waals surface area contributed by atoms with Crippen molar-refractivity contribution in [2.24, 2.45) is 5.41 Å². The molecule has 0 atom stereocenters. The van der Waals surface area contributed by atoms with Gasteiger partial charge in [-0.2, -0.15) is 5.26 Å². The summed E-state index contributed by atoms with van der Waals surface area (Å²) >= 11 is 6.20. The number of pyridine rings is 1. The van der Waals surface area contributed by atoms with Gasteiger partial charge >= 0.3 is 0 Å². The highest BCUT2D eigenvalue weighted by Gasteiger charge is 2.42. The van der Waals surface area contributed by atoms with Gasteiger partial charge in [-0.05, 0) is 31.7 Å². The molecule has 8 heteroatoms. The lowest BCUT2D eigenvalue weighted by molar-refractivity contribution is -0.158. The second-order valence-electron chi connectivity index (χ2n) is 7.29. The molecular formula is C19H22ClN5O2. The number of aromatic nitrogens is 1. The van der Waals surface area contributed by atoms with Gasteiger partial charge in [0.05, 0.1) is 30.8 Å². The molecule has 1 aromatic rings. The smallest absolute Gasteiger partial charge is 0.232 e. The Morgan fingerprint density at radius 1 is 1.52 bits per heavy atom. The highest BCUT2D eigenvalue weighted by Crippen LogP contribution is 2.37. The van der Waals surface area contributed by atoms with Crippen molar-refractivity contribution in [1.29, 1.82) is 5.26 Å². The summed E-state index contributed by atoms with van der Waals surface area (Å²) in [6.45, 7) is 13.6. The lowest BCUT2D eigenvalue weighted by Gasteiger charge is -2.39. The van der Waals surface area contributed by atoms with Crippen LogP contribution in [0.2, 0.25) is 5.15 Å². The van der Waals surface area contributed by atoms with E-state index >= 15 is 0 Å². The molecule has 27 heavy (non-hydrogen) atoms. The number of piperidine rings is 1. The Balaban J connectivity index is 1.73. The van der Waals surface area contributed by atoms with E-state index in [0.717, 1.165) is 12.8 Å². The Hall–Kier alpha value is -2.35. The van der Waals surface area contributed by atoms with E-state index in [4.69, 9.17) is 22.9 Å². The predicted octanol–water partition coefficient (Wildman–Crippen LogP) is 2.84. The van der Waals surface area contributed by atoms with Crippen molar-refractivity contribution in [3.05, 3.63) is 27.7 Å². The zero-order valence-electron chi connectivity index (χ0n) is 15.5. The first-order valence-corrected chi connectivity index (χ1v) is 9.45. The molecule has 0 radical (unpaired) electrons. The van der Waals surface area contributed by atoms with Gasteiger partial charge in [0, 0.05) is 19.1 Å². The standard InChI is InChI=1S/C19H22ClN5O2/c1-4-13-14(9-21)16(20)24-17(15(13)22-3)25-7-5-12(6-8-25)23-18(26)19(2)10-27-11-19/h12H,4-8,10-11H2,1-2H3,(H,23,26). The number of halogens is 1. The number of carbonyl (C=O) groups is 1. The molecule has 2 fully saturated rings. The number of carbonyl (C=O) groups excluding carboxylic acids is 1. The summed E-state index contributed by atoms with van der Waals surface area (Å²) in [4.78, 5) is 22.4. The molecule has 0 saturated carbocycles. The molecule has 2 saturated heterocycles. The summed E-state index contributed by atoms with van der Waals surface area (Å²) < 4.78 is 5.16. The van der Waals surface area contributed by atoms with Crippen LogP contribution in [0.1, 0.15) is 37.8 Å². The van der Waals surface area contributed by atoms with Crippen LogP contribution in [-0.2, 0) is 16.0 Å². The van der Waals surface area contributed by atoms with Gasteiger partial charge in [0.2, 0.25) is 11.6 Å². The van der Waals surface area contributed by atoms with E-state index in [1.807, 2.05) is 18.7 Å². The van der Waals surface area contributed by atoms with E-state index < -0.39 is 5.41 Å². The molecule has 0 spiro atoms. The highest BCUT2D eigenvalue weighted by atomic mass is 35.5. The third kappa shape index (κ3) is 3.58. The molecule has 0 aromatic carbocycles. The maximum atomic E-state index is 12.4. The van der Waals surface area contributed by atoms with Crippen molar-refractivity contribution in [2.45, 2.75) is 39.2 Å². The van der Waals surface area contributed by atoms with Crippen LogP contribution < -0.4 is 10.2 Å². The Kier molecular flexibility index (Phi) is 5.55. The van der Waals surface area contributed by atoms with E-state index in [2.05, 4.69) is 21.2 Å². The Morgan fingerprint density at radius 2 is 2.19 bits per heavy atom. The van der Waals surface area contributed by atoms with Gasteiger partial charge in [0.25, 0.3) is 0 Å². The summed E-state index contributed by atoms with van der Waals surface area (Å²) in [5.74, 6) is 0.580. The number of hydrogen-bond acceptors (Lipinski definition) is 5. The first-order chi connectivity index (χ1) is 12.9. The molecule has 7 nitrogen and oxygen atoms in total. The average molecular weight is 388 g/mol. The molecule has 1 amide bonds. The molecule has 3 rings (SSSR count). The molecule has 2 aliphatic rings. The number of amides is 1. The number of anilines is 1. The molecule has 0 bridgehead atoms.